The molecule has 0 aliphatic carbocycles. The maximum atomic E-state index is 4.73. The number of nitrogens with one attached hydrogen (secondary N) is 1. The van der Waals surface area contributed by atoms with Crippen molar-refractivity contribution in [2.75, 3.05) is 18.0 Å². The minimum absolute atomic E-state index is 0.588. The lowest BCUT2D eigenvalue weighted by molar-refractivity contribution is 0.549. The van der Waals surface area contributed by atoms with Crippen molar-refractivity contribution >= 4 is 21.7 Å². The van der Waals surface area contributed by atoms with Crippen LogP contribution >= 0.6 is 15.9 Å². The molecule has 0 spiro atoms. The molecule has 1 aliphatic heterocycles. The lowest BCUT2D eigenvalue weighted by atomic mass is 10.1. The summed E-state index contributed by atoms with van der Waals surface area (Å²) in [5.74, 6) is 1.84. The van der Waals surface area contributed by atoms with Crippen LogP contribution in [0.3, 0.4) is 0 Å². The minimum atomic E-state index is 0.588. The van der Waals surface area contributed by atoms with Crippen molar-refractivity contribution in [1.29, 1.82) is 0 Å². The van der Waals surface area contributed by atoms with Gasteiger partial charge in [-0.3, -0.25) is 0 Å². The number of aromatic nitrogens is 1. The lowest BCUT2D eigenvalue weighted by Gasteiger charge is -2.30. The second-order valence-corrected chi connectivity index (χ2v) is 7.47. The Morgan fingerprint density at radius 3 is 2.95 bits per heavy atom. The van der Waals surface area contributed by atoms with Crippen molar-refractivity contribution < 1.29 is 0 Å². The van der Waals surface area contributed by atoms with Crippen LogP contribution in [0.15, 0.2) is 16.7 Å². The smallest absolute Gasteiger partial charge is 0.133 e. The fourth-order valence-electron chi connectivity index (χ4n) is 2.95. The van der Waals surface area contributed by atoms with Gasteiger partial charge in [0, 0.05) is 35.4 Å². The Hall–Kier alpha value is -0.610. The second-order valence-electron chi connectivity index (χ2n) is 6.55. The van der Waals surface area contributed by atoms with E-state index in [2.05, 4.69) is 53.0 Å². The summed E-state index contributed by atoms with van der Waals surface area (Å²) in [5, 5.41) is 3.55. The molecule has 21 heavy (non-hydrogen) atoms. The zero-order valence-corrected chi connectivity index (χ0v) is 15.1. The van der Waals surface area contributed by atoms with Gasteiger partial charge in [0.25, 0.3) is 0 Å². The first-order chi connectivity index (χ1) is 10.1. The van der Waals surface area contributed by atoms with Crippen LogP contribution in [0.5, 0.6) is 0 Å². The molecule has 0 aromatic carbocycles. The predicted octanol–water partition coefficient (Wildman–Crippen LogP) is 4.36. The Kier molecular flexibility index (Phi) is 6.49. The molecule has 0 saturated carbocycles. The van der Waals surface area contributed by atoms with E-state index in [4.69, 9.17) is 4.98 Å². The highest BCUT2D eigenvalue weighted by Gasteiger charge is 2.21. The van der Waals surface area contributed by atoms with Crippen LogP contribution < -0.4 is 10.2 Å². The van der Waals surface area contributed by atoms with Gasteiger partial charge in [-0.2, -0.15) is 0 Å². The first-order valence-electron chi connectivity index (χ1n) is 8.19. The van der Waals surface area contributed by atoms with E-state index in [1.165, 1.54) is 37.1 Å². The molecule has 0 radical (unpaired) electrons. The predicted molar refractivity (Wildman–Crippen MR) is 93.8 cm³/mol. The summed E-state index contributed by atoms with van der Waals surface area (Å²) in [6.45, 7) is 9.88. The Labute approximate surface area is 137 Å². The van der Waals surface area contributed by atoms with Crippen molar-refractivity contribution in [1.82, 2.24) is 10.3 Å². The van der Waals surface area contributed by atoms with E-state index in [0.717, 1.165) is 24.1 Å². The number of hydrogen-bond donors (Lipinski definition) is 1. The van der Waals surface area contributed by atoms with Gasteiger partial charge in [-0.05, 0) is 54.2 Å². The molecule has 1 aromatic heterocycles. The summed E-state index contributed by atoms with van der Waals surface area (Å²) >= 11 is 3.56. The summed E-state index contributed by atoms with van der Waals surface area (Å²) in [7, 11) is 0. The maximum Gasteiger partial charge on any atom is 0.133 e. The molecule has 1 N–H and O–H groups in total. The molecule has 1 unspecified atom stereocenters. The number of rotatable bonds is 5. The molecule has 1 atom stereocenters. The quantitative estimate of drug-likeness (QED) is 0.852. The van der Waals surface area contributed by atoms with Crippen molar-refractivity contribution in [3.63, 3.8) is 0 Å². The third-order valence-electron chi connectivity index (χ3n) is 4.10. The van der Waals surface area contributed by atoms with Gasteiger partial charge in [-0.15, -0.1) is 0 Å². The average molecular weight is 354 g/mol. The molecule has 0 bridgehead atoms. The van der Waals surface area contributed by atoms with E-state index in [1.54, 1.807) is 0 Å². The van der Waals surface area contributed by atoms with E-state index in [-0.39, 0.29) is 0 Å². The Morgan fingerprint density at radius 2 is 2.19 bits per heavy atom. The van der Waals surface area contributed by atoms with E-state index in [1.807, 2.05) is 6.20 Å². The molecule has 2 heterocycles. The minimum Gasteiger partial charge on any atom is -0.354 e. The lowest BCUT2D eigenvalue weighted by Crippen LogP contribution is -2.34. The highest BCUT2D eigenvalue weighted by molar-refractivity contribution is 9.10. The molecule has 118 valence electrons. The fourth-order valence-corrected chi connectivity index (χ4v) is 3.33. The molecule has 1 fully saturated rings. The molecule has 3 nitrogen and oxygen atoms in total. The van der Waals surface area contributed by atoms with Crippen molar-refractivity contribution in [3.8, 4) is 0 Å². The van der Waals surface area contributed by atoms with Crippen LogP contribution in [0.2, 0.25) is 0 Å². The summed E-state index contributed by atoms with van der Waals surface area (Å²) in [4.78, 5) is 7.24. The largest absolute Gasteiger partial charge is 0.354 e. The number of hydrogen-bond acceptors (Lipinski definition) is 3. The van der Waals surface area contributed by atoms with Crippen molar-refractivity contribution in [2.45, 2.75) is 59.0 Å². The van der Waals surface area contributed by atoms with Gasteiger partial charge >= 0.3 is 0 Å². The van der Waals surface area contributed by atoms with Gasteiger partial charge in [-0.25, -0.2) is 4.98 Å². The number of anilines is 1. The van der Waals surface area contributed by atoms with Crippen LogP contribution in [0.1, 0.15) is 52.0 Å². The van der Waals surface area contributed by atoms with Crippen LogP contribution in [0.25, 0.3) is 0 Å². The van der Waals surface area contributed by atoms with Gasteiger partial charge in [0.1, 0.15) is 5.82 Å². The average Bonchev–Trinajstić information content (AvgIpc) is 2.64. The molecule has 4 heteroatoms. The normalized spacial score (nSPS) is 19.9. The Bertz CT molecular complexity index is 448. The van der Waals surface area contributed by atoms with Crippen LogP contribution in [0.4, 0.5) is 5.82 Å². The van der Waals surface area contributed by atoms with Gasteiger partial charge in [0.15, 0.2) is 0 Å². The van der Waals surface area contributed by atoms with E-state index < -0.39 is 0 Å². The Morgan fingerprint density at radius 1 is 1.38 bits per heavy atom. The zero-order valence-electron chi connectivity index (χ0n) is 13.5. The summed E-state index contributed by atoms with van der Waals surface area (Å²) in [6.07, 6.45) is 7.17. The molecular weight excluding hydrogens is 326 g/mol. The molecular formula is C17H28BrN3. The standard InChI is InChI=1S/C17H28BrN3/c1-13(2)10-19-11-15-9-16(18)12-20-17(15)21-8-6-4-5-7-14(21)3/h9,12-14,19H,4-8,10-11H2,1-3H3. The Balaban J connectivity index is 2.16. The fraction of sp³-hybridized carbons (Fsp3) is 0.706. The third kappa shape index (κ3) is 4.96. The first-order valence-corrected chi connectivity index (χ1v) is 8.99. The van der Waals surface area contributed by atoms with Gasteiger partial charge < -0.3 is 10.2 Å². The van der Waals surface area contributed by atoms with Crippen molar-refractivity contribution in [2.24, 2.45) is 5.92 Å². The molecule has 1 aliphatic rings. The highest BCUT2D eigenvalue weighted by Crippen LogP contribution is 2.27. The highest BCUT2D eigenvalue weighted by atomic mass is 79.9. The van der Waals surface area contributed by atoms with Gasteiger partial charge in [-0.1, -0.05) is 26.7 Å². The summed E-state index contributed by atoms with van der Waals surface area (Å²) < 4.78 is 1.06. The maximum absolute atomic E-state index is 4.73. The van der Waals surface area contributed by atoms with Crippen molar-refractivity contribution in [3.05, 3.63) is 22.3 Å². The van der Waals surface area contributed by atoms with E-state index in [0.29, 0.717) is 12.0 Å². The monoisotopic (exact) mass is 353 g/mol. The SMILES string of the molecule is CC(C)CNCc1cc(Br)cnc1N1CCCCCC1C. The summed E-state index contributed by atoms with van der Waals surface area (Å²) in [6, 6.07) is 2.80. The topological polar surface area (TPSA) is 28.2 Å². The van der Waals surface area contributed by atoms with Crippen LogP contribution in [-0.4, -0.2) is 24.1 Å². The van der Waals surface area contributed by atoms with E-state index >= 15 is 0 Å². The van der Waals surface area contributed by atoms with Crippen LogP contribution in [-0.2, 0) is 6.54 Å². The molecule has 1 saturated heterocycles. The molecule has 0 amide bonds. The number of nitrogens with zero attached hydrogens (tertiary/aromatic N) is 2. The van der Waals surface area contributed by atoms with Gasteiger partial charge in [0.2, 0.25) is 0 Å². The summed E-state index contributed by atoms with van der Waals surface area (Å²) in [5.41, 5.74) is 1.30. The second kappa shape index (κ2) is 8.14. The first kappa shape index (κ1) is 16.8. The van der Waals surface area contributed by atoms with Gasteiger partial charge in [0.05, 0.1) is 0 Å². The molecule has 1 aromatic rings. The van der Waals surface area contributed by atoms with Crippen LogP contribution in [0, 0.1) is 5.92 Å². The number of pyridine rings is 1. The zero-order chi connectivity index (χ0) is 15.2. The van der Waals surface area contributed by atoms with E-state index in [9.17, 15) is 0 Å². The number of halogens is 1. The third-order valence-corrected chi connectivity index (χ3v) is 4.54. The molecule has 2 rings (SSSR count).